The van der Waals surface area contributed by atoms with Crippen LogP contribution >= 0.6 is 0 Å². The number of hydrogen-bond acceptors (Lipinski definition) is 3. The zero-order chi connectivity index (χ0) is 17.9. The largest absolute Gasteiger partial charge is 0.360 e. The molecule has 0 saturated carbocycles. The van der Waals surface area contributed by atoms with Gasteiger partial charge in [0, 0.05) is 30.2 Å². The van der Waals surface area contributed by atoms with Crippen molar-refractivity contribution in [2.75, 3.05) is 0 Å². The number of carbonyl (C=O) groups excluding carboxylic acids is 1. The van der Waals surface area contributed by atoms with Crippen molar-refractivity contribution < 1.29 is 4.79 Å². The van der Waals surface area contributed by atoms with E-state index in [9.17, 15) is 9.59 Å². The van der Waals surface area contributed by atoms with Crippen LogP contribution in [0.2, 0.25) is 0 Å². The van der Waals surface area contributed by atoms with Gasteiger partial charge in [-0.3, -0.25) is 14.2 Å². The van der Waals surface area contributed by atoms with Crippen molar-refractivity contribution in [3.05, 3.63) is 82.8 Å². The number of rotatable bonds is 5. The molecule has 0 saturated heterocycles. The van der Waals surface area contributed by atoms with E-state index < -0.39 is 0 Å². The summed E-state index contributed by atoms with van der Waals surface area (Å²) in [6, 6.07) is 17.0. The summed E-state index contributed by atoms with van der Waals surface area (Å²) in [5, 5.41) is 3.13. The monoisotopic (exact) mass is 344 g/mol. The number of nitrogens with one attached hydrogen (secondary N) is 2. The topological polar surface area (TPSA) is 79.8 Å². The van der Waals surface area contributed by atoms with Crippen molar-refractivity contribution >= 4 is 17.4 Å². The molecule has 0 aliphatic rings. The highest BCUT2D eigenvalue weighted by Crippen LogP contribution is 2.28. The van der Waals surface area contributed by atoms with Gasteiger partial charge in [-0.2, -0.15) is 0 Å². The maximum Gasteiger partial charge on any atom is 0.207 e. The number of nitrogens with zero attached hydrogens (tertiary/aromatic N) is 2. The summed E-state index contributed by atoms with van der Waals surface area (Å²) in [4.78, 5) is 31.6. The van der Waals surface area contributed by atoms with E-state index in [0.717, 1.165) is 11.4 Å². The van der Waals surface area contributed by atoms with Gasteiger partial charge in [-0.15, -0.1) is 0 Å². The molecule has 0 aliphatic carbocycles. The molecule has 26 heavy (non-hydrogen) atoms. The molecule has 0 aliphatic heterocycles. The molecule has 0 spiro atoms. The first-order chi connectivity index (χ1) is 12.8. The Morgan fingerprint density at radius 3 is 2.65 bits per heavy atom. The van der Waals surface area contributed by atoms with E-state index in [1.54, 1.807) is 24.5 Å². The second-order valence-electron chi connectivity index (χ2n) is 5.78. The number of hydrogen-bond donors (Lipinski definition) is 2. The van der Waals surface area contributed by atoms with Crippen LogP contribution in [0, 0.1) is 0 Å². The maximum absolute atomic E-state index is 13.1. The van der Waals surface area contributed by atoms with Crippen molar-refractivity contribution in [3.63, 3.8) is 0 Å². The van der Waals surface area contributed by atoms with Gasteiger partial charge in [-0.1, -0.05) is 18.2 Å². The smallest absolute Gasteiger partial charge is 0.207 e. The molecule has 1 aromatic carbocycles. The number of H-pyrrole nitrogens is 1. The summed E-state index contributed by atoms with van der Waals surface area (Å²) in [7, 11) is 0. The maximum atomic E-state index is 13.1. The van der Waals surface area contributed by atoms with Gasteiger partial charge in [0.2, 0.25) is 6.41 Å². The Hall–Kier alpha value is -3.67. The molecule has 0 radical (unpaired) electrons. The zero-order valence-electron chi connectivity index (χ0n) is 13.8. The van der Waals surface area contributed by atoms with E-state index >= 15 is 0 Å². The van der Waals surface area contributed by atoms with Crippen LogP contribution in [0.25, 0.3) is 28.1 Å². The Kier molecular flexibility index (Phi) is 4.07. The lowest BCUT2D eigenvalue weighted by Gasteiger charge is -2.19. The van der Waals surface area contributed by atoms with Crippen molar-refractivity contribution in [2.24, 2.45) is 0 Å². The van der Waals surface area contributed by atoms with Gasteiger partial charge in [-0.25, -0.2) is 4.98 Å². The van der Waals surface area contributed by atoms with E-state index in [1.807, 2.05) is 47.0 Å². The first-order valence-corrected chi connectivity index (χ1v) is 8.20. The molecule has 4 rings (SSSR count). The van der Waals surface area contributed by atoms with Crippen LogP contribution in [0.4, 0.5) is 0 Å². The Morgan fingerprint density at radius 1 is 1.08 bits per heavy atom. The number of carbonyl (C=O) groups is 1. The molecule has 0 unspecified atom stereocenters. The summed E-state index contributed by atoms with van der Waals surface area (Å²) in [5.41, 5.74) is 3.28. The SMILES string of the molecule is O=CNCc1c(-c2ccc[nH]2)n(-c2ccccc2)c2ncccc2c1=O. The van der Waals surface area contributed by atoms with Crippen molar-refractivity contribution in [1.82, 2.24) is 19.9 Å². The Bertz CT molecular complexity index is 1120. The lowest BCUT2D eigenvalue weighted by atomic mass is 10.1. The number of fused-ring (bicyclic) bond motifs is 1. The lowest BCUT2D eigenvalue weighted by molar-refractivity contribution is -0.109. The summed E-state index contributed by atoms with van der Waals surface area (Å²) < 4.78 is 1.95. The number of pyridine rings is 2. The molecule has 0 bridgehead atoms. The fraction of sp³-hybridized carbons (Fsp3) is 0.0500. The highest BCUT2D eigenvalue weighted by molar-refractivity contribution is 5.83. The van der Waals surface area contributed by atoms with Crippen LogP contribution in [0.5, 0.6) is 0 Å². The molecule has 4 aromatic rings. The summed E-state index contributed by atoms with van der Waals surface area (Å²) in [6.07, 6.45) is 4.07. The normalized spacial score (nSPS) is 10.8. The first kappa shape index (κ1) is 15.8. The average Bonchev–Trinajstić information content (AvgIpc) is 3.22. The number of aromatic nitrogens is 3. The van der Waals surface area contributed by atoms with Gasteiger partial charge < -0.3 is 10.3 Å². The quantitative estimate of drug-likeness (QED) is 0.546. The molecule has 3 aromatic heterocycles. The highest BCUT2D eigenvalue weighted by atomic mass is 16.1. The second kappa shape index (κ2) is 6.68. The van der Waals surface area contributed by atoms with Crippen LogP contribution in [0.1, 0.15) is 5.56 Å². The third-order valence-corrected chi connectivity index (χ3v) is 4.26. The van der Waals surface area contributed by atoms with Crippen molar-refractivity contribution in [2.45, 2.75) is 6.54 Å². The number of amides is 1. The van der Waals surface area contributed by atoms with Crippen molar-refractivity contribution in [3.8, 4) is 17.1 Å². The number of benzene rings is 1. The molecule has 6 heteroatoms. The van der Waals surface area contributed by atoms with Gasteiger partial charge in [0.15, 0.2) is 5.43 Å². The summed E-state index contributed by atoms with van der Waals surface area (Å²) in [5.74, 6) is 0. The highest BCUT2D eigenvalue weighted by Gasteiger charge is 2.20. The molecule has 0 atom stereocenters. The third kappa shape index (κ3) is 2.57. The minimum Gasteiger partial charge on any atom is -0.360 e. The van der Waals surface area contributed by atoms with E-state index in [1.165, 1.54) is 0 Å². The first-order valence-electron chi connectivity index (χ1n) is 8.20. The Balaban J connectivity index is 2.18. The van der Waals surface area contributed by atoms with Crippen LogP contribution in [0.3, 0.4) is 0 Å². The van der Waals surface area contributed by atoms with Crippen LogP contribution in [0.15, 0.2) is 71.8 Å². The fourth-order valence-electron chi connectivity index (χ4n) is 3.16. The van der Waals surface area contributed by atoms with E-state index in [-0.39, 0.29) is 12.0 Å². The standard InChI is InChI=1S/C20H16N4O2/c25-13-21-12-16-18(17-9-5-10-22-17)24(14-6-2-1-3-7-14)20-15(19(16)26)8-4-11-23-20/h1-11,13,22H,12H2,(H,21,25). The third-order valence-electron chi connectivity index (χ3n) is 4.26. The predicted octanol–water partition coefficient (Wildman–Crippen LogP) is 2.63. The fourth-order valence-corrected chi connectivity index (χ4v) is 3.16. The lowest BCUT2D eigenvalue weighted by Crippen LogP contribution is -2.23. The number of para-hydroxylation sites is 1. The summed E-state index contributed by atoms with van der Waals surface area (Å²) >= 11 is 0. The molecule has 128 valence electrons. The van der Waals surface area contributed by atoms with Gasteiger partial charge >= 0.3 is 0 Å². The van der Waals surface area contributed by atoms with Crippen molar-refractivity contribution in [1.29, 1.82) is 0 Å². The molecule has 1 amide bonds. The Morgan fingerprint density at radius 2 is 1.92 bits per heavy atom. The number of aromatic amines is 1. The second-order valence-corrected chi connectivity index (χ2v) is 5.78. The zero-order valence-corrected chi connectivity index (χ0v) is 13.8. The molecule has 0 fully saturated rings. The predicted molar refractivity (Wildman–Crippen MR) is 100 cm³/mol. The van der Waals surface area contributed by atoms with Crippen LogP contribution in [-0.4, -0.2) is 20.9 Å². The minimum absolute atomic E-state index is 0.133. The molecule has 6 nitrogen and oxygen atoms in total. The molecular weight excluding hydrogens is 328 g/mol. The summed E-state index contributed by atoms with van der Waals surface area (Å²) in [6.45, 7) is 0.133. The molecular formula is C20H16N4O2. The minimum atomic E-state index is -0.140. The van der Waals surface area contributed by atoms with Gasteiger partial charge in [-0.05, 0) is 36.4 Å². The Labute approximate surface area is 149 Å². The van der Waals surface area contributed by atoms with Gasteiger partial charge in [0.05, 0.1) is 16.8 Å². The molecule has 2 N–H and O–H groups in total. The van der Waals surface area contributed by atoms with E-state index in [0.29, 0.717) is 28.7 Å². The molecule has 3 heterocycles. The van der Waals surface area contributed by atoms with E-state index in [2.05, 4.69) is 15.3 Å². The average molecular weight is 344 g/mol. The van der Waals surface area contributed by atoms with Crippen LogP contribution < -0.4 is 10.7 Å². The van der Waals surface area contributed by atoms with E-state index in [4.69, 9.17) is 0 Å². The van der Waals surface area contributed by atoms with Gasteiger partial charge in [0.25, 0.3) is 0 Å². The van der Waals surface area contributed by atoms with Gasteiger partial charge in [0.1, 0.15) is 5.65 Å². The van der Waals surface area contributed by atoms with Crippen LogP contribution in [-0.2, 0) is 11.3 Å².